The first-order valence-electron chi connectivity index (χ1n) is 7.07. The number of hydrogen-bond acceptors (Lipinski definition) is 3. The fourth-order valence-electron chi connectivity index (χ4n) is 3.11. The molecule has 1 rings (SSSR count). The standard InChI is InChI=1S/C14H29NO2/c1-5-16-11-13(15-4)14(17-6-2)9-7-8-12(3)10-14/h12-13,15H,5-11H2,1-4H3. The van der Waals surface area contributed by atoms with Gasteiger partial charge in [-0.15, -0.1) is 0 Å². The topological polar surface area (TPSA) is 30.5 Å². The molecule has 0 aromatic heterocycles. The maximum Gasteiger partial charge on any atom is 0.0859 e. The Morgan fingerprint density at radius 2 is 2.12 bits per heavy atom. The third-order valence-electron chi connectivity index (χ3n) is 3.89. The minimum atomic E-state index is -0.0175. The molecule has 0 heterocycles. The average Bonchev–Trinajstić information content (AvgIpc) is 2.30. The summed E-state index contributed by atoms with van der Waals surface area (Å²) in [4.78, 5) is 0. The predicted octanol–water partition coefficient (Wildman–Crippen LogP) is 2.60. The SMILES string of the molecule is CCOCC(NC)C1(OCC)CCCC(C)C1. The Bertz CT molecular complexity index is 206. The molecule has 0 radical (unpaired) electrons. The highest BCUT2D eigenvalue weighted by atomic mass is 16.5. The van der Waals surface area contributed by atoms with Gasteiger partial charge in [0.25, 0.3) is 0 Å². The molecule has 1 N–H and O–H groups in total. The van der Waals surface area contributed by atoms with Gasteiger partial charge in [0, 0.05) is 13.2 Å². The Morgan fingerprint density at radius 1 is 1.35 bits per heavy atom. The molecule has 3 atom stereocenters. The zero-order valence-corrected chi connectivity index (χ0v) is 11.9. The molecule has 3 heteroatoms. The van der Waals surface area contributed by atoms with Gasteiger partial charge in [-0.05, 0) is 39.7 Å². The molecule has 0 bridgehead atoms. The lowest BCUT2D eigenvalue weighted by molar-refractivity contribution is -0.112. The summed E-state index contributed by atoms with van der Waals surface area (Å²) >= 11 is 0. The molecular formula is C14H29NO2. The summed E-state index contributed by atoms with van der Waals surface area (Å²) in [6.45, 7) is 8.78. The molecular weight excluding hydrogens is 214 g/mol. The summed E-state index contributed by atoms with van der Waals surface area (Å²) in [5.74, 6) is 0.757. The third kappa shape index (κ3) is 3.94. The molecule has 0 spiro atoms. The van der Waals surface area contributed by atoms with Crippen LogP contribution < -0.4 is 5.32 Å². The second kappa shape index (κ2) is 7.34. The van der Waals surface area contributed by atoms with Crippen molar-refractivity contribution in [3.05, 3.63) is 0 Å². The molecule has 3 nitrogen and oxygen atoms in total. The van der Waals surface area contributed by atoms with E-state index in [1.807, 2.05) is 14.0 Å². The van der Waals surface area contributed by atoms with Crippen LogP contribution in [0.5, 0.6) is 0 Å². The Labute approximate surface area is 106 Å². The van der Waals surface area contributed by atoms with E-state index in [0.717, 1.165) is 38.6 Å². The minimum absolute atomic E-state index is 0.0175. The van der Waals surface area contributed by atoms with Crippen LogP contribution in [0.15, 0.2) is 0 Å². The lowest BCUT2D eigenvalue weighted by Crippen LogP contribution is -2.56. The number of hydrogen-bond donors (Lipinski definition) is 1. The van der Waals surface area contributed by atoms with E-state index in [-0.39, 0.29) is 5.60 Å². The normalized spacial score (nSPS) is 31.4. The monoisotopic (exact) mass is 243 g/mol. The van der Waals surface area contributed by atoms with Gasteiger partial charge in [-0.25, -0.2) is 0 Å². The van der Waals surface area contributed by atoms with Crippen molar-refractivity contribution < 1.29 is 9.47 Å². The Balaban J connectivity index is 2.72. The summed E-state index contributed by atoms with van der Waals surface area (Å²) < 4.78 is 11.8. The van der Waals surface area contributed by atoms with Crippen LogP contribution in [0.3, 0.4) is 0 Å². The molecule has 1 aliphatic carbocycles. The highest BCUT2D eigenvalue weighted by Gasteiger charge is 2.42. The van der Waals surface area contributed by atoms with Crippen LogP contribution in [-0.2, 0) is 9.47 Å². The van der Waals surface area contributed by atoms with Crippen molar-refractivity contribution in [2.24, 2.45) is 5.92 Å². The summed E-state index contributed by atoms with van der Waals surface area (Å²) in [6.07, 6.45) is 4.91. The number of nitrogens with one attached hydrogen (secondary N) is 1. The van der Waals surface area contributed by atoms with Crippen molar-refractivity contribution in [1.82, 2.24) is 5.32 Å². The van der Waals surface area contributed by atoms with Crippen LogP contribution in [0, 0.1) is 5.92 Å². The zero-order valence-electron chi connectivity index (χ0n) is 11.9. The Kier molecular flexibility index (Phi) is 6.45. The van der Waals surface area contributed by atoms with Gasteiger partial charge >= 0.3 is 0 Å². The largest absolute Gasteiger partial charge is 0.380 e. The van der Waals surface area contributed by atoms with Gasteiger partial charge in [0.1, 0.15) is 0 Å². The zero-order chi connectivity index (χ0) is 12.7. The fraction of sp³-hybridized carbons (Fsp3) is 1.00. The lowest BCUT2D eigenvalue weighted by atomic mass is 9.74. The predicted molar refractivity (Wildman–Crippen MR) is 71.3 cm³/mol. The number of likely N-dealkylation sites (N-methyl/N-ethyl adjacent to an activating group) is 1. The lowest BCUT2D eigenvalue weighted by Gasteiger charge is -2.45. The van der Waals surface area contributed by atoms with E-state index in [9.17, 15) is 0 Å². The smallest absolute Gasteiger partial charge is 0.0859 e. The van der Waals surface area contributed by atoms with Gasteiger partial charge in [-0.1, -0.05) is 19.8 Å². The fourth-order valence-corrected chi connectivity index (χ4v) is 3.11. The van der Waals surface area contributed by atoms with Crippen molar-refractivity contribution >= 4 is 0 Å². The number of rotatable bonds is 7. The quantitative estimate of drug-likeness (QED) is 0.745. The number of ether oxygens (including phenoxy) is 2. The molecule has 1 aliphatic rings. The van der Waals surface area contributed by atoms with Gasteiger partial charge in [-0.3, -0.25) is 0 Å². The van der Waals surface area contributed by atoms with E-state index in [2.05, 4.69) is 19.2 Å². The first-order chi connectivity index (χ1) is 8.18. The second-order valence-corrected chi connectivity index (χ2v) is 5.20. The van der Waals surface area contributed by atoms with Crippen LogP contribution >= 0.6 is 0 Å². The van der Waals surface area contributed by atoms with E-state index in [1.165, 1.54) is 12.8 Å². The van der Waals surface area contributed by atoms with Crippen molar-refractivity contribution in [2.75, 3.05) is 26.9 Å². The van der Waals surface area contributed by atoms with E-state index < -0.39 is 0 Å². The molecule has 3 unspecified atom stereocenters. The first-order valence-corrected chi connectivity index (χ1v) is 7.07. The van der Waals surface area contributed by atoms with Crippen LogP contribution in [0.2, 0.25) is 0 Å². The van der Waals surface area contributed by atoms with Gasteiger partial charge in [0.2, 0.25) is 0 Å². The van der Waals surface area contributed by atoms with E-state index in [0.29, 0.717) is 6.04 Å². The molecule has 0 saturated heterocycles. The molecule has 1 fully saturated rings. The van der Waals surface area contributed by atoms with Gasteiger partial charge in [0.15, 0.2) is 0 Å². The average molecular weight is 243 g/mol. The van der Waals surface area contributed by atoms with Gasteiger partial charge < -0.3 is 14.8 Å². The molecule has 0 amide bonds. The maximum atomic E-state index is 6.15. The maximum absolute atomic E-state index is 6.15. The molecule has 17 heavy (non-hydrogen) atoms. The summed E-state index contributed by atoms with van der Waals surface area (Å²) in [5, 5.41) is 3.40. The Hall–Kier alpha value is -0.120. The van der Waals surface area contributed by atoms with E-state index in [4.69, 9.17) is 9.47 Å². The van der Waals surface area contributed by atoms with Crippen molar-refractivity contribution in [3.8, 4) is 0 Å². The summed E-state index contributed by atoms with van der Waals surface area (Å²) in [6, 6.07) is 0.310. The van der Waals surface area contributed by atoms with E-state index >= 15 is 0 Å². The minimum Gasteiger partial charge on any atom is -0.380 e. The van der Waals surface area contributed by atoms with Crippen molar-refractivity contribution in [3.63, 3.8) is 0 Å². The van der Waals surface area contributed by atoms with Gasteiger partial charge in [0.05, 0.1) is 18.2 Å². The highest BCUT2D eigenvalue weighted by Crippen LogP contribution is 2.37. The third-order valence-corrected chi connectivity index (χ3v) is 3.89. The van der Waals surface area contributed by atoms with Crippen molar-refractivity contribution in [2.45, 2.75) is 58.1 Å². The van der Waals surface area contributed by atoms with Crippen LogP contribution in [0.1, 0.15) is 46.5 Å². The van der Waals surface area contributed by atoms with Gasteiger partial charge in [-0.2, -0.15) is 0 Å². The Morgan fingerprint density at radius 3 is 2.65 bits per heavy atom. The molecule has 102 valence electrons. The molecule has 0 aromatic rings. The summed E-state index contributed by atoms with van der Waals surface area (Å²) in [5.41, 5.74) is -0.0175. The summed E-state index contributed by atoms with van der Waals surface area (Å²) in [7, 11) is 2.02. The van der Waals surface area contributed by atoms with Crippen LogP contribution in [-0.4, -0.2) is 38.5 Å². The van der Waals surface area contributed by atoms with Crippen LogP contribution in [0.4, 0.5) is 0 Å². The van der Waals surface area contributed by atoms with E-state index in [1.54, 1.807) is 0 Å². The van der Waals surface area contributed by atoms with Crippen molar-refractivity contribution in [1.29, 1.82) is 0 Å². The molecule has 0 aliphatic heterocycles. The van der Waals surface area contributed by atoms with Crippen LogP contribution in [0.25, 0.3) is 0 Å². The molecule has 0 aromatic carbocycles. The first kappa shape index (κ1) is 14.9. The molecule has 1 saturated carbocycles. The highest BCUT2D eigenvalue weighted by molar-refractivity contribution is 4.96. The second-order valence-electron chi connectivity index (χ2n) is 5.20.